The summed E-state index contributed by atoms with van der Waals surface area (Å²) in [5.74, 6) is -3.74. The molecule has 0 bridgehead atoms. The quantitative estimate of drug-likeness (QED) is 0.820. The highest BCUT2D eigenvalue weighted by Crippen LogP contribution is 2.41. The molecule has 29 heavy (non-hydrogen) atoms. The average Bonchev–Trinajstić information content (AvgIpc) is 3.20. The van der Waals surface area contributed by atoms with Crippen LogP contribution >= 0.6 is 0 Å². The van der Waals surface area contributed by atoms with Crippen molar-refractivity contribution >= 4 is 11.4 Å². The van der Waals surface area contributed by atoms with Gasteiger partial charge in [-0.15, -0.1) is 0 Å². The third-order valence-corrected chi connectivity index (χ3v) is 5.50. The Morgan fingerprint density at radius 3 is 2.72 bits per heavy atom. The van der Waals surface area contributed by atoms with Crippen molar-refractivity contribution < 1.29 is 18.3 Å². The van der Waals surface area contributed by atoms with Crippen LogP contribution in [0, 0.1) is 16.7 Å². The zero-order chi connectivity index (χ0) is 21.4. The number of nitriles is 1. The number of aliphatic hydroxyl groups is 1. The number of likely N-dealkylation sites (N-methyl/N-ethyl adjacent to an activating group) is 1. The molecule has 0 fully saturated rings. The van der Waals surface area contributed by atoms with E-state index in [4.69, 9.17) is 5.26 Å². The maximum Gasteiger partial charge on any atom is 0.302 e. The molecule has 2 atom stereocenters. The molecule has 0 amide bonds. The Hall–Kier alpha value is -2.79. The molecule has 1 heterocycles. The van der Waals surface area contributed by atoms with Crippen LogP contribution in [0.2, 0.25) is 0 Å². The minimum Gasteiger partial charge on any atom is -0.387 e. The predicted molar refractivity (Wildman–Crippen MR) is 104 cm³/mol. The molecule has 1 aliphatic carbocycles. The molecule has 3 rings (SSSR count). The van der Waals surface area contributed by atoms with E-state index in [0.29, 0.717) is 17.8 Å². The molecule has 1 aliphatic rings. The molecule has 0 saturated heterocycles. The van der Waals surface area contributed by atoms with Gasteiger partial charge < -0.3 is 14.6 Å². The first-order chi connectivity index (χ1) is 13.6. The Bertz CT molecular complexity index is 947. The molecule has 1 aromatic carbocycles. The largest absolute Gasteiger partial charge is 0.387 e. The monoisotopic (exact) mass is 404 g/mol. The van der Waals surface area contributed by atoms with E-state index in [-0.39, 0.29) is 17.0 Å². The van der Waals surface area contributed by atoms with Gasteiger partial charge in [0.25, 0.3) is 0 Å². The first kappa shape index (κ1) is 20.9. The number of halogens is 3. The number of rotatable bonds is 5. The summed E-state index contributed by atoms with van der Waals surface area (Å²) >= 11 is 0. The third-order valence-electron chi connectivity index (χ3n) is 5.50. The van der Waals surface area contributed by atoms with Crippen molar-refractivity contribution in [2.24, 2.45) is 5.41 Å². The van der Waals surface area contributed by atoms with Crippen LogP contribution in [0.5, 0.6) is 0 Å². The van der Waals surface area contributed by atoms with E-state index >= 15 is 0 Å². The topological polar surface area (TPSA) is 65.1 Å². The first-order valence-corrected chi connectivity index (χ1v) is 9.20. The lowest BCUT2D eigenvalue weighted by molar-refractivity contribution is -0.0282. The number of hydrogen-bond donors (Lipinski definition) is 1. The fourth-order valence-electron chi connectivity index (χ4n) is 3.91. The Morgan fingerprint density at radius 2 is 2.14 bits per heavy atom. The van der Waals surface area contributed by atoms with Gasteiger partial charge in [-0.3, -0.25) is 0 Å². The summed E-state index contributed by atoms with van der Waals surface area (Å²) in [6.45, 7) is 2.10. The maximum absolute atomic E-state index is 14.1. The first-order valence-electron chi connectivity index (χ1n) is 9.20. The molecule has 0 aliphatic heterocycles. The smallest absolute Gasteiger partial charge is 0.302 e. The van der Waals surface area contributed by atoms with Gasteiger partial charge in [0.05, 0.1) is 35.8 Å². The van der Waals surface area contributed by atoms with Gasteiger partial charge in [-0.1, -0.05) is 13.8 Å². The van der Waals surface area contributed by atoms with Crippen molar-refractivity contribution in [2.45, 2.75) is 38.3 Å². The van der Waals surface area contributed by atoms with Crippen molar-refractivity contribution in [3.63, 3.8) is 0 Å². The molecule has 154 valence electrons. The number of nitrogens with zero attached hydrogens (tertiary/aromatic N) is 4. The normalized spacial score (nSPS) is 21.4. The zero-order valence-corrected chi connectivity index (χ0v) is 16.5. The molecule has 2 unspecified atom stereocenters. The van der Waals surface area contributed by atoms with Crippen molar-refractivity contribution in [2.75, 3.05) is 18.6 Å². The molecular weight excluding hydrogens is 381 g/mol. The fraction of sp³-hybridized carbons (Fsp3) is 0.429. The van der Waals surface area contributed by atoms with E-state index < -0.39 is 24.3 Å². The highest BCUT2D eigenvalue weighted by Gasteiger charge is 2.40. The number of hydrogen-bond acceptors (Lipinski definition) is 4. The van der Waals surface area contributed by atoms with Gasteiger partial charge in [0.2, 0.25) is 0 Å². The molecule has 0 radical (unpaired) electrons. The number of aromatic nitrogens is 2. The van der Waals surface area contributed by atoms with Crippen LogP contribution in [0.25, 0.3) is 5.70 Å². The minimum atomic E-state index is -3.74. The van der Waals surface area contributed by atoms with Crippen molar-refractivity contribution in [1.82, 2.24) is 9.55 Å². The summed E-state index contributed by atoms with van der Waals surface area (Å²) < 4.78 is 42.8. The van der Waals surface area contributed by atoms with E-state index in [1.807, 2.05) is 24.8 Å². The molecule has 5 nitrogen and oxygen atoms in total. The van der Waals surface area contributed by atoms with Gasteiger partial charge in [-0.25, -0.2) is 9.37 Å². The van der Waals surface area contributed by atoms with Crippen LogP contribution in [0.15, 0.2) is 43.0 Å². The minimum absolute atomic E-state index is 0.247. The molecule has 1 N–H and O–H groups in total. The SMILES string of the molecule is CN(c1ccc(C#N)c(C(F)(F)CF)c1)C1C=C(n2ccnc2)C(O)CC1(C)C. The third kappa shape index (κ3) is 3.87. The van der Waals surface area contributed by atoms with E-state index in [1.165, 1.54) is 12.1 Å². The second kappa shape index (κ2) is 7.56. The van der Waals surface area contributed by atoms with E-state index in [9.17, 15) is 18.3 Å². The van der Waals surface area contributed by atoms with Crippen LogP contribution < -0.4 is 4.90 Å². The number of benzene rings is 1. The van der Waals surface area contributed by atoms with Crippen molar-refractivity contribution in [3.05, 3.63) is 54.1 Å². The van der Waals surface area contributed by atoms with E-state index in [0.717, 1.165) is 0 Å². The second-order valence-corrected chi connectivity index (χ2v) is 8.01. The van der Waals surface area contributed by atoms with Crippen LogP contribution in [0.1, 0.15) is 31.4 Å². The Balaban J connectivity index is 2.05. The number of anilines is 1. The maximum atomic E-state index is 14.1. The lowest BCUT2D eigenvalue weighted by atomic mass is 9.73. The molecule has 0 saturated carbocycles. The number of alkyl halides is 3. The average molecular weight is 404 g/mol. The number of aliphatic hydroxyl groups excluding tert-OH is 1. The Morgan fingerprint density at radius 1 is 1.41 bits per heavy atom. The van der Waals surface area contributed by atoms with E-state index in [2.05, 4.69) is 4.98 Å². The summed E-state index contributed by atoms with van der Waals surface area (Å²) in [7, 11) is 1.75. The second-order valence-electron chi connectivity index (χ2n) is 8.01. The van der Waals surface area contributed by atoms with Crippen LogP contribution in [-0.4, -0.2) is 40.5 Å². The summed E-state index contributed by atoms with van der Waals surface area (Å²) in [6, 6.07) is 5.49. The highest BCUT2D eigenvalue weighted by atomic mass is 19.3. The predicted octanol–water partition coefficient (Wildman–Crippen LogP) is 3.95. The lowest BCUT2D eigenvalue weighted by Crippen LogP contribution is -2.47. The summed E-state index contributed by atoms with van der Waals surface area (Å²) in [6.07, 6.45) is 6.57. The Kier molecular flexibility index (Phi) is 5.46. The molecule has 2 aromatic rings. The van der Waals surface area contributed by atoms with Crippen LogP contribution in [0.3, 0.4) is 0 Å². The number of imidazole rings is 1. The van der Waals surface area contributed by atoms with Gasteiger partial charge in [0.15, 0.2) is 6.67 Å². The van der Waals surface area contributed by atoms with Gasteiger partial charge >= 0.3 is 5.92 Å². The van der Waals surface area contributed by atoms with Crippen molar-refractivity contribution in [3.8, 4) is 6.07 Å². The van der Waals surface area contributed by atoms with Gasteiger partial charge in [0, 0.05) is 30.7 Å². The summed E-state index contributed by atoms with van der Waals surface area (Å²) in [4.78, 5) is 5.82. The zero-order valence-electron chi connectivity index (χ0n) is 16.5. The summed E-state index contributed by atoms with van der Waals surface area (Å²) in [5, 5.41) is 19.7. The molecule has 1 aromatic heterocycles. The standard InChI is InChI=1S/C21H23F3N4O/c1-20(2)10-18(29)17(28-7-6-26-13-28)9-19(20)27(3)15-5-4-14(11-25)16(8-15)21(23,24)12-22/h4-9,13,18-19,29H,10,12H2,1-3H3. The highest BCUT2D eigenvalue weighted by molar-refractivity contribution is 5.60. The van der Waals surface area contributed by atoms with Crippen molar-refractivity contribution in [1.29, 1.82) is 5.26 Å². The lowest BCUT2D eigenvalue weighted by Gasteiger charge is -2.45. The fourth-order valence-corrected chi connectivity index (χ4v) is 3.91. The van der Waals surface area contributed by atoms with Gasteiger partial charge in [0.1, 0.15) is 0 Å². The van der Waals surface area contributed by atoms with E-state index in [1.54, 1.807) is 42.5 Å². The Labute approximate surface area is 167 Å². The van der Waals surface area contributed by atoms with Crippen LogP contribution in [-0.2, 0) is 5.92 Å². The molecular formula is C21H23F3N4O. The summed E-state index contributed by atoms with van der Waals surface area (Å²) in [5.41, 5.74) is -0.170. The molecule has 8 heteroatoms. The van der Waals surface area contributed by atoms with Gasteiger partial charge in [-0.2, -0.15) is 14.0 Å². The molecule has 0 spiro atoms. The van der Waals surface area contributed by atoms with Crippen LogP contribution in [0.4, 0.5) is 18.9 Å². The van der Waals surface area contributed by atoms with Gasteiger partial charge in [-0.05, 0) is 36.1 Å².